The van der Waals surface area contributed by atoms with E-state index in [4.69, 9.17) is 4.74 Å². The molecule has 3 nitrogen and oxygen atoms in total. The van der Waals surface area contributed by atoms with Gasteiger partial charge in [-0.3, -0.25) is 4.90 Å². The summed E-state index contributed by atoms with van der Waals surface area (Å²) in [6, 6.07) is 8.31. The zero-order valence-electron chi connectivity index (χ0n) is 18.7. The number of unbranched alkanes of at least 4 members (excludes halogenated alkanes) is 5. The fourth-order valence-corrected chi connectivity index (χ4v) is 5.73. The summed E-state index contributed by atoms with van der Waals surface area (Å²) in [5, 5.41) is 1.43. The van der Waals surface area contributed by atoms with Crippen molar-refractivity contribution in [2.24, 2.45) is 0 Å². The molecule has 0 saturated carbocycles. The van der Waals surface area contributed by atoms with Gasteiger partial charge in [0.1, 0.15) is 5.75 Å². The second-order valence-corrected chi connectivity index (χ2v) is 9.34. The molecule has 0 amide bonds. The molecule has 0 spiro atoms. The van der Waals surface area contributed by atoms with E-state index < -0.39 is 0 Å². The smallest absolute Gasteiger partial charge is 0.120 e. The minimum absolute atomic E-state index is 0.817. The molecule has 0 atom stereocenters. The highest BCUT2D eigenvalue weighted by molar-refractivity contribution is 5.85. The van der Waals surface area contributed by atoms with Gasteiger partial charge in [-0.25, -0.2) is 0 Å². The lowest BCUT2D eigenvalue weighted by atomic mass is 9.84. The fraction of sp³-hybridized carbons (Fsp3) is 0.692. The minimum Gasteiger partial charge on any atom is -0.497 e. The van der Waals surface area contributed by atoms with Crippen molar-refractivity contribution in [1.29, 1.82) is 0 Å². The maximum absolute atomic E-state index is 5.54. The van der Waals surface area contributed by atoms with E-state index in [9.17, 15) is 0 Å². The van der Waals surface area contributed by atoms with E-state index in [0.717, 1.165) is 30.9 Å². The van der Waals surface area contributed by atoms with Crippen molar-refractivity contribution in [3.05, 3.63) is 30.0 Å². The Morgan fingerprint density at radius 3 is 2.31 bits per heavy atom. The van der Waals surface area contributed by atoms with E-state index in [2.05, 4.69) is 40.8 Å². The maximum Gasteiger partial charge on any atom is 0.120 e. The van der Waals surface area contributed by atoms with Crippen LogP contribution >= 0.6 is 0 Å². The summed E-state index contributed by atoms with van der Waals surface area (Å²) in [6.07, 6.45) is 19.0. The Bertz CT molecular complexity index is 758. The van der Waals surface area contributed by atoms with Crippen molar-refractivity contribution < 1.29 is 4.74 Å². The first-order chi connectivity index (χ1) is 14.3. The molecular weight excluding hydrogens is 356 g/mol. The number of benzene rings is 1. The summed E-state index contributed by atoms with van der Waals surface area (Å²) < 4.78 is 8.05. The molecule has 2 bridgehead atoms. The largest absolute Gasteiger partial charge is 0.497 e. The summed E-state index contributed by atoms with van der Waals surface area (Å²) >= 11 is 0. The van der Waals surface area contributed by atoms with Gasteiger partial charge in [0.05, 0.1) is 12.6 Å². The summed E-state index contributed by atoms with van der Waals surface area (Å²) in [7, 11) is 1.78. The van der Waals surface area contributed by atoms with Crippen LogP contribution in [0.25, 0.3) is 10.9 Å². The summed E-state index contributed by atoms with van der Waals surface area (Å²) in [5.74, 6) is 0.973. The van der Waals surface area contributed by atoms with Crippen molar-refractivity contribution in [3.8, 4) is 5.75 Å². The van der Waals surface area contributed by atoms with Gasteiger partial charge in [-0.1, -0.05) is 51.9 Å². The van der Waals surface area contributed by atoms with Crippen molar-refractivity contribution in [2.45, 2.75) is 109 Å². The highest BCUT2D eigenvalue weighted by Crippen LogP contribution is 2.36. The summed E-state index contributed by atoms with van der Waals surface area (Å²) in [5.41, 5.74) is 2.88. The van der Waals surface area contributed by atoms with E-state index in [0.29, 0.717) is 0 Å². The molecular formula is C26H40N2O. The van der Waals surface area contributed by atoms with Crippen molar-refractivity contribution in [2.75, 3.05) is 7.11 Å². The van der Waals surface area contributed by atoms with E-state index >= 15 is 0 Å². The van der Waals surface area contributed by atoms with Gasteiger partial charge < -0.3 is 9.30 Å². The Kier molecular flexibility index (Phi) is 7.18. The fourth-order valence-electron chi connectivity index (χ4n) is 5.73. The highest BCUT2D eigenvalue weighted by atomic mass is 16.5. The van der Waals surface area contributed by atoms with Crippen LogP contribution in [0.4, 0.5) is 0 Å². The number of fused-ring (bicyclic) bond motifs is 3. The molecule has 160 valence electrons. The number of nitrogens with zero attached hydrogens (tertiary/aromatic N) is 2. The summed E-state index contributed by atoms with van der Waals surface area (Å²) in [6.45, 7) is 4.54. The highest BCUT2D eigenvalue weighted by Gasteiger charge is 2.34. The van der Waals surface area contributed by atoms with E-state index in [-0.39, 0.29) is 0 Å². The molecule has 3 heterocycles. The molecule has 2 aliphatic heterocycles. The topological polar surface area (TPSA) is 17.4 Å². The Hall–Kier alpha value is -1.48. The maximum atomic E-state index is 5.54. The van der Waals surface area contributed by atoms with Gasteiger partial charge in [-0.15, -0.1) is 0 Å². The van der Waals surface area contributed by atoms with Crippen molar-refractivity contribution in [3.63, 3.8) is 0 Å². The van der Waals surface area contributed by atoms with E-state index in [1.807, 2.05) is 0 Å². The molecule has 4 rings (SSSR count). The monoisotopic (exact) mass is 396 g/mol. The lowest BCUT2D eigenvalue weighted by molar-refractivity contribution is 0.0335. The van der Waals surface area contributed by atoms with Crippen LogP contribution in [0.3, 0.4) is 0 Å². The van der Waals surface area contributed by atoms with E-state index in [1.165, 1.54) is 93.5 Å². The Labute approximate surface area is 177 Å². The molecule has 2 saturated heterocycles. The van der Waals surface area contributed by atoms with Gasteiger partial charge in [0.15, 0.2) is 0 Å². The minimum atomic E-state index is 0.817. The first-order valence-electron chi connectivity index (χ1n) is 12.2. The van der Waals surface area contributed by atoms with Crippen LogP contribution < -0.4 is 4.74 Å². The van der Waals surface area contributed by atoms with Crippen LogP contribution in [0.2, 0.25) is 0 Å². The number of ether oxygens (including phenoxy) is 1. The number of rotatable bonds is 10. The number of methoxy groups -OCH3 is 1. The third-order valence-electron chi connectivity index (χ3n) is 7.36. The first-order valence-corrected chi connectivity index (χ1v) is 12.2. The molecule has 0 unspecified atom stereocenters. The first kappa shape index (κ1) is 20.8. The van der Waals surface area contributed by atoms with Crippen molar-refractivity contribution >= 4 is 10.9 Å². The molecule has 2 aliphatic rings. The molecule has 0 N–H and O–H groups in total. The summed E-state index contributed by atoms with van der Waals surface area (Å²) in [4.78, 5) is 2.85. The normalized spacial score (nSPS) is 22.3. The zero-order chi connectivity index (χ0) is 20.1. The molecule has 2 fully saturated rings. The predicted molar refractivity (Wildman–Crippen MR) is 123 cm³/mol. The van der Waals surface area contributed by atoms with Crippen molar-refractivity contribution in [1.82, 2.24) is 9.47 Å². The average molecular weight is 397 g/mol. The molecule has 0 aliphatic carbocycles. The van der Waals surface area contributed by atoms with Crippen LogP contribution in [-0.4, -0.2) is 28.7 Å². The number of piperidine rings is 2. The van der Waals surface area contributed by atoms with Crippen LogP contribution in [0.1, 0.15) is 89.5 Å². The van der Waals surface area contributed by atoms with Crippen LogP contribution in [0.5, 0.6) is 5.75 Å². The number of aromatic nitrogens is 1. The zero-order valence-corrected chi connectivity index (χ0v) is 18.7. The third-order valence-corrected chi connectivity index (χ3v) is 7.36. The molecule has 29 heavy (non-hydrogen) atoms. The van der Waals surface area contributed by atoms with Gasteiger partial charge in [-0.2, -0.15) is 0 Å². The molecule has 2 aromatic rings. The second-order valence-electron chi connectivity index (χ2n) is 9.34. The lowest BCUT2D eigenvalue weighted by Crippen LogP contribution is -2.48. The number of hydrogen-bond donors (Lipinski definition) is 0. The van der Waals surface area contributed by atoms with Crippen LogP contribution in [0.15, 0.2) is 24.4 Å². The SMILES string of the molecule is CCCCCCCCn1cc(CN2C3CCCC2CCC3)c2ccc(OC)cc21. The van der Waals surface area contributed by atoms with Gasteiger partial charge in [0.25, 0.3) is 0 Å². The Balaban J connectivity index is 1.51. The number of hydrogen-bond acceptors (Lipinski definition) is 2. The van der Waals surface area contributed by atoms with Crippen LogP contribution in [0, 0.1) is 0 Å². The predicted octanol–water partition coefficient (Wildman–Crippen LogP) is 6.92. The van der Waals surface area contributed by atoms with Crippen LogP contribution in [-0.2, 0) is 13.1 Å². The standard InChI is InChI=1S/C26H40N2O/c1-3-4-5-6-7-8-17-27-19-21(25-16-15-24(29-2)18-26(25)27)20-28-22-11-9-12-23(28)14-10-13-22/h15-16,18-19,22-23H,3-14,17,20H2,1-2H3. The van der Waals surface area contributed by atoms with Gasteiger partial charge in [-0.05, 0) is 49.8 Å². The quantitative estimate of drug-likeness (QED) is 0.406. The Morgan fingerprint density at radius 2 is 1.62 bits per heavy atom. The van der Waals surface area contributed by atoms with E-state index in [1.54, 1.807) is 7.11 Å². The average Bonchev–Trinajstić information content (AvgIpc) is 3.07. The van der Waals surface area contributed by atoms with Gasteiger partial charge in [0.2, 0.25) is 0 Å². The molecule has 1 aromatic carbocycles. The number of aryl methyl sites for hydroxylation is 1. The third kappa shape index (κ3) is 4.82. The molecule has 3 heteroatoms. The Morgan fingerprint density at radius 1 is 0.931 bits per heavy atom. The van der Waals surface area contributed by atoms with Gasteiger partial charge in [0, 0.05) is 42.8 Å². The second kappa shape index (κ2) is 10.0. The molecule has 0 radical (unpaired) electrons. The van der Waals surface area contributed by atoms with Gasteiger partial charge >= 0.3 is 0 Å². The lowest BCUT2D eigenvalue weighted by Gasteiger charge is -2.46. The molecule has 1 aromatic heterocycles.